The zero-order valence-corrected chi connectivity index (χ0v) is 18.9. The van der Waals surface area contributed by atoms with Crippen molar-refractivity contribution in [2.75, 3.05) is 18.4 Å². The zero-order chi connectivity index (χ0) is 21.8. The quantitative estimate of drug-likeness (QED) is 0.729. The van der Waals surface area contributed by atoms with Crippen molar-refractivity contribution in [1.29, 1.82) is 0 Å². The molecular formula is C23H37N3O3. The molecule has 1 aromatic carbocycles. The monoisotopic (exact) mass is 403 g/mol. The number of nitrogens with zero attached hydrogens (tertiary/aromatic N) is 1. The van der Waals surface area contributed by atoms with Gasteiger partial charge in [-0.05, 0) is 64.3 Å². The molecule has 3 atom stereocenters. The number of hydrogen-bond acceptors (Lipinski definition) is 4. The lowest BCUT2D eigenvalue weighted by molar-refractivity contribution is -0.130. The van der Waals surface area contributed by atoms with E-state index in [4.69, 9.17) is 4.74 Å². The molecule has 2 rings (SSSR count). The summed E-state index contributed by atoms with van der Waals surface area (Å²) in [6.07, 6.45) is 1.07. The summed E-state index contributed by atoms with van der Waals surface area (Å²) >= 11 is 0. The van der Waals surface area contributed by atoms with E-state index in [0.717, 1.165) is 19.5 Å². The first-order valence-corrected chi connectivity index (χ1v) is 10.7. The van der Waals surface area contributed by atoms with Crippen molar-refractivity contribution in [3.05, 3.63) is 29.8 Å². The van der Waals surface area contributed by atoms with Crippen LogP contribution >= 0.6 is 0 Å². The summed E-state index contributed by atoms with van der Waals surface area (Å²) in [5, 5.41) is 6.04. The lowest BCUT2D eigenvalue weighted by Crippen LogP contribution is -2.55. The highest BCUT2D eigenvalue weighted by Crippen LogP contribution is 2.20. The molecule has 1 heterocycles. The Morgan fingerprint density at radius 1 is 1.14 bits per heavy atom. The maximum absolute atomic E-state index is 13.0. The Kier molecular flexibility index (Phi) is 7.83. The van der Waals surface area contributed by atoms with Gasteiger partial charge >= 0.3 is 0 Å². The van der Waals surface area contributed by atoms with Crippen LogP contribution < -0.4 is 10.6 Å². The van der Waals surface area contributed by atoms with Gasteiger partial charge in [0.1, 0.15) is 0 Å². The molecule has 2 amide bonds. The van der Waals surface area contributed by atoms with E-state index >= 15 is 0 Å². The molecule has 1 aromatic rings. The minimum Gasteiger partial charge on any atom is -0.373 e. The Hall–Kier alpha value is -1.92. The van der Waals surface area contributed by atoms with Gasteiger partial charge in [0.2, 0.25) is 5.91 Å². The zero-order valence-electron chi connectivity index (χ0n) is 18.9. The smallest absolute Gasteiger partial charge is 0.251 e. The summed E-state index contributed by atoms with van der Waals surface area (Å²) in [4.78, 5) is 27.7. The fraction of sp³-hybridized carbons (Fsp3) is 0.652. The van der Waals surface area contributed by atoms with Crippen LogP contribution in [0.2, 0.25) is 0 Å². The second kappa shape index (κ2) is 9.72. The van der Waals surface area contributed by atoms with E-state index in [1.807, 2.05) is 34.6 Å². The molecule has 0 aliphatic carbocycles. The first kappa shape index (κ1) is 23.4. The van der Waals surface area contributed by atoms with E-state index in [1.54, 1.807) is 24.3 Å². The van der Waals surface area contributed by atoms with Gasteiger partial charge in [-0.3, -0.25) is 14.5 Å². The van der Waals surface area contributed by atoms with Crippen LogP contribution in [-0.2, 0) is 9.53 Å². The van der Waals surface area contributed by atoms with Crippen LogP contribution in [0.3, 0.4) is 0 Å². The van der Waals surface area contributed by atoms with Gasteiger partial charge in [0.25, 0.3) is 5.91 Å². The molecule has 2 N–H and O–H groups in total. The van der Waals surface area contributed by atoms with Gasteiger partial charge in [0.05, 0.1) is 18.2 Å². The Balaban J connectivity index is 2.05. The summed E-state index contributed by atoms with van der Waals surface area (Å²) in [5.41, 5.74) is 1.03. The summed E-state index contributed by atoms with van der Waals surface area (Å²) in [7, 11) is 0. The number of ether oxygens (including phenoxy) is 1. The molecule has 1 aliphatic rings. The van der Waals surface area contributed by atoms with E-state index < -0.39 is 0 Å². The Morgan fingerprint density at radius 3 is 2.17 bits per heavy atom. The van der Waals surface area contributed by atoms with Crippen LogP contribution in [0.4, 0.5) is 5.69 Å². The summed E-state index contributed by atoms with van der Waals surface area (Å²) in [6.45, 7) is 15.7. The average Bonchev–Trinajstić information content (AvgIpc) is 2.61. The number of anilines is 1. The molecule has 0 aromatic heterocycles. The predicted molar refractivity (Wildman–Crippen MR) is 117 cm³/mol. The summed E-state index contributed by atoms with van der Waals surface area (Å²) in [6, 6.07) is 6.85. The van der Waals surface area contributed by atoms with E-state index in [2.05, 4.69) is 29.4 Å². The summed E-state index contributed by atoms with van der Waals surface area (Å²) in [5.74, 6) is 0.0468. The third kappa shape index (κ3) is 6.54. The maximum Gasteiger partial charge on any atom is 0.251 e. The Labute approximate surface area is 175 Å². The minimum absolute atomic E-state index is 0.0226. The van der Waals surface area contributed by atoms with Crippen molar-refractivity contribution in [3.8, 4) is 0 Å². The molecule has 1 fully saturated rings. The largest absolute Gasteiger partial charge is 0.373 e. The lowest BCUT2D eigenvalue weighted by Gasteiger charge is -2.41. The van der Waals surface area contributed by atoms with Gasteiger partial charge in [-0.15, -0.1) is 0 Å². The molecule has 3 unspecified atom stereocenters. The molecule has 6 heteroatoms. The molecule has 1 aliphatic heterocycles. The number of carbonyl (C=O) groups excluding carboxylic acids is 2. The van der Waals surface area contributed by atoms with Crippen LogP contribution in [0, 0.1) is 5.92 Å². The molecular weight excluding hydrogens is 366 g/mol. The standard InChI is InChI=1S/C23H37N3O3/c1-8-23(6,7)25-21(27)18-9-11-19(12-10-18)24-22(28)20(15(2)3)26-13-16(4)29-17(5)14-26/h9-12,15-17,20H,8,13-14H2,1-7H3,(H,24,28)(H,25,27). The molecule has 0 radical (unpaired) electrons. The molecule has 1 saturated heterocycles. The lowest BCUT2D eigenvalue weighted by atomic mass is 9.99. The molecule has 162 valence electrons. The number of amides is 2. The van der Waals surface area contributed by atoms with Crippen LogP contribution in [0.5, 0.6) is 0 Å². The number of benzene rings is 1. The Bertz CT molecular complexity index is 690. The van der Waals surface area contributed by atoms with Gasteiger partial charge in [-0.2, -0.15) is 0 Å². The van der Waals surface area contributed by atoms with E-state index in [-0.39, 0.29) is 41.5 Å². The van der Waals surface area contributed by atoms with Crippen molar-refractivity contribution in [3.63, 3.8) is 0 Å². The highest BCUT2D eigenvalue weighted by molar-refractivity contribution is 5.97. The highest BCUT2D eigenvalue weighted by atomic mass is 16.5. The molecule has 0 saturated carbocycles. The topological polar surface area (TPSA) is 70.7 Å². The number of rotatable bonds is 7. The van der Waals surface area contributed by atoms with Crippen LogP contribution in [-0.4, -0.2) is 53.6 Å². The van der Waals surface area contributed by atoms with E-state index in [1.165, 1.54) is 0 Å². The SMILES string of the molecule is CCC(C)(C)NC(=O)c1ccc(NC(=O)C(C(C)C)N2CC(C)OC(C)C2)cc1. The molecule has 6 nitrogen and oxygen atoms in total. The number of nitrogens with one attached hydrogen (secondary N) is 2. The number of morpholine rings is 1. The van der Waals surface area contributed by atoms with Crippen LogP contribution in [0.25, 0.3) is 0 Å². The van der Waals surface area contributed by atoms with Crippen LogP contribution in [0.1, 0.15) is 65.2 Å². The second-order valence-corrected chi connectivity index (χ2v) is 9.16. The fourth-order valence-electron chi connectivity index (χ4n) is 3.72. The van der Waals surface area contributed by atoms with Crippen LogP contribution in [0.15, 0.2) is 24.3 Å². The molecule has 0 bridgehead atoms. The fourth-order valence-corrected chi connectivity index (χ4v) is 3.72. The van der Waals surface area contributed by atoms with Crippen molar-refractivity contribution in [2.45, 2.75) is 78.7 Å². The summed E-state index contributed by atoms with van der Waals surface area (Å²) < 4.78 is 5.81. The molecule has 29 heavy (non-hydrogen) atoms. The van der Waals surface area contributed by atoms with Gasteiger partial charge < -0.3 is 15.4 Å². The van der Waals surface area contributed by atoms with Gasteiger partial charge in [-0.1, -0.05) is 20.8 Å². The maximum atomic E-state index is 13.0. The van der Waals surface area contributed by atoms with Gasteiger partial charge in [0.15, 0.2) is 0 Å². The first-order chi connectivity index (χ1) is 13.5. The van der Waals surface area contributed by atoms with Crippen molar-refractivity contribution < 1.29 is 14.3 Å². The normalized spacial score (nSPS) is 21.7. The van der Waals surface area contributed by atoms with Crippen molar-refractivity contribution in [2.24, 2.45) is 5.92 Å². The van der Waals surface area contributed by atoms with Crippen molar-refractivity contribution in [1.82, 2.24) is 10.2 Å². The number of carbonyl (C=O) groups is 2. The predicted octanol–water partition coefficient (Wildman–Crippen LogP) is 3.68. The van der Waals surface area contributed by atoms with E-state index in [0.29, 0.717) is 11.3 Å². The molecule has 0 spiro atoms. The number of hydrogen-bond donors (Lipinski definition) is 2. The highest BCUT2D eigenvalue weighted by Gasteiger charge is 2.34. The van der Waals surface area contributed by atoms with Gasteiger partial charge in [0, 0.05) is 29.9 Å². The Morgan fingerprint density at radius 2 is 1.69 bits per heavy atom. The minimum atomic E-state index is -0.249. The van der Waals surface area contributed by atoms with Gasteiger partial charge in [-0.25, -0.2) is 0 Å². The van der Waals surface area contributed by atoms with E-state index in [9.17, 15) is 9.59 Å². The van der Waals surface area contributed by atoms with Crippen molar-refractivity contribution >= 4 is 17.5 Å². The third-order valence-electron chi connectivity index (χ3n) is 5.49. The third-order valence-corrected chi connectivity index (χ3v) is 5.49. The first-order valence-electron chi connectivity index (χ1n) is 10.7. The second-order valence-electron chi connectivity index (χ2n) is 9.16. The average molecular weight is 404 g/mol.